The number of aromatic nitrogens is 3. The number of aryl methyl sites for hydroxylation is 3. The minimum Gasteiger partial charge on any atom is -0.496 e. The number of rotatable bonds is 9. The average Bonchev–Trinajstić information content (AvgIpc) is 3.48. The number of carbonyl (C=O) groups excluding carboxylic acids is 1. The van der Waals surface area contributed by atoms with Crippen molar-refractivity contribution in [3.63, 3.8) is 0 Å². The zero-order valence-corrected chi connectivity index (χ0v) is 20.4. The molecule has 4 rings (SSSR count). The average molecular weight is 501 g/mol. The van der Waals surface area contributed by atoms with Crippen molar-refractivity contribution in [3.8, 4) is 16.5 Å². The van der Waals surface area contributed by atoms with E-state index in [0.717, 1.165) is 11.0 Å². The van der Waals surface area contributed by atoms with Crippen LogP contribution in [0.3, 0.4) is 0 Å². The Kier molecular flexibility index (Phi) is 7.15. The van der Waals surface area contributed by atoms with Crippen LogP contribution >= 0.6 is 11.3 Å². The number of hydrogen-bond donors (Lipinski definition) is 1. The maximum absolute atomic E-state index is 13.9. The van der Waals surface area contributed by atoms with Gasteiger partial charge in [-0.1, -0.05) is 6.92 Å². The van der Waals surface area contributed by atoms with Gasteiger partial charge in [0.15, 0.2) is 0 Å². The van der Waals surface area contributed by atoms with Gasteiger partial charge < -0.3 is 14.5 Å². The van der Waals surface area contributed by atoms with Gasteiger partial charge in [0.05, 0.1) is 23.6 Å². The lowest BCUT2D eigenvalue weighted by Crippen LogP contribution is -2.44. The number of benzene rings is 1. The van der Waals surface area contributed by atoms with E-state index in [9.17, 15) is 18.8 Å². The summed E-state index contributed by atoms with van der Waals surface area (Å²) < 4.78 is 27.0. The van der Waals surface area contributed by atoms with E-state index in [1.807, 2.05) is 6.92 Å². The lowest BCUT2D eigenvalue weighted by Gasteiger charge is -2.14. The van der Waals surface area contributed by atoms with Gasteiger partial charge in [0.2, 0.25) is 11.8 Å². The van der Waals surface area contributed by atoms with Gasteiger partial charge >= 0.3 is 5.69 Å². The zero-order valence-electron chi connectivity index (χ0n) is 19.6. The highest BCUT2D eigenvalue weighted by molar-refractivity contribution is 7.22. The molecule has 1 amide bonds. The molecule has 35 heavy (non-hydrogen) atoms. The van der Waals surface area contributed by atoms with Crippen molar-refractivity contribution >= 4 is 27.5 Å². The normalized spacial score (nSPS) is 11.2. The number of fused-ring (bicyclic) bond motifs is 1. The molecule has 3 aromatic heterocycles. The zero-order chi connectivity index (χ0) is 25.1. The third-order valence-electron chi connectivity index (χ3n) is 5.64. The van der Waals surface area contributed by atoms with Crippen LogP contribution in [0, 0.1) is 12.7 Å². The molecule has 0 atom stereocenters. The number of nitrogens with zero attached hydrogens (tertiary/aromatic N) is 3. The van der Waals surface area contributed by atoms with Crippen molar-refractivity contribution < 1.29 is 18.3 Å². The highest BCUT2D eigenvalue weighted by Gasteiger charge is 2.23. The number of oxazole rings is 1. The molecule has 0 saturated carbocycles. The van der Waals surface area contributed by atoms with Crippen molar-refractivity contribution in [2.24, 2.45) is 0 Å². The number of hydrogen-bond acceptors (Lipinski definition) is 7. The maximum atomic E-state index is 13.9. The SMILES string of the molecule is CCCNC(=O)Cn1c(=O)c2c(C)c(-c3ncco3)sc2n(CCc2cc(F)ccc2OC)c1=O. The summed E-state index contributed by atoms with van der Waals surface area (Å²) in [6, 6.07) is 4.18. The van der Waals surface area contributed by atoms with Gasteiger partial charge in [0.25, 0.3) is 5.56 Å². The van der Waals surface area contributed by atoms with Crippen LogP contribution in [0.1, 0.15) is 24.5 Å². The molecule has 0 bridgehead atoms. The molecule has 1 aromatic carbocycles. The van der Waals surface area contributed by atoms with Crippen LogP contribution in [0.25, 0.3) is 21.0 Å². The van der Waals surface area contributed by atoms with Gasteiger partial charge in [-0.3, -0.25) is 18.7 Å². The largest absolute Gasteiger partial charge is 0.496 e. The van der Waals surface area contributed by atoms with Crippen LogP contribution in [0.2, 0.25) is 0 Å². The minimum atomic E-state index is -0.621. The van der Waals surface area contributed by atoms with Crippen molar-refractivity contribution in [1.82, 2.24) is 19.4 Å². The van der Waals surface area contributed by atoms with Crippen LogP contribution in [-0.2, 0) is 24.3 Å². The summed E-state index contributed by atoms with van der Waals surface area (Å²) in [5.74, 6) is -0.0227. The molecule has 1 N–H and O–H groups in total. The molecule has 0 spiro atoms. The van der Waals surface area contributed by atoms with E-state index in [2.05, 4.69) is 10.3 Å². The van der Waals surface area contributed by atoms with Crippen LogP contribution in [-0.4, -0.2) is 33.7 Å². The predicted octanol–water partition coefficient (Wildman–Crippen LogP) is 3.10. The van der Waals surface area contributed by atoms with Crippen molar-refractivity contribution in [1.29, 1.82) is 0 Å². The molecule has 3 heterocycles. The lowest BCUT2D eigenvalue weighted by atomic mass is 10.1. The first-order valence-corrected chi connectivity index (χ1v) is 11.9. The Morgan fingerprint density at radius 3 is 2.77 bits per heavy atom. The molecule has 184 valence electrons. The maximum Gasteiger partial charge on any atom is 0.332 e. The quantitative estimate of drug-likeness (QED) is 0.378. The monoisotopic (exact) mass is 500 g/mol. The van der Waals surface area contributed by atoms with Gasteiger partial charge in [-0.25, -0.2) is 14.2 Å². The van der Waals surface area contributed by atoms with Crippen LogP contribution in [0.5, 0.6) is 5.75 Å². The van der Waals surface area contributed by atoms with E-state index in [0.29, 0.717) is 44.4 Å². The van der Waals surface area contributed by atoms with Crippen LogP contribution in [0.4, 0.5) is 4.39 Å². The molecule has 0 unspecified atom stereocenters. The number of ether oxygens (including phenoxy) is 1. The molecule has 0 aliphatic heterocycles. The standard InChI is InChI=1S/C24H25FN4O5S/c1-4-8-26-18(30)13-29-22(31)19-14(2)20(21-27-9-11-34-21)35-23(19)28(24(29)32)10-7-15-12-16(25)5-6-17(15)33-3/h5-6,9,11-12H,4,7-8,10,13H2,1-3H3,(H,26,30). The Bertz CT molecular complexity index is 1490. The summed E-state index contributed by atoms with van der Waals surface area (Å²) in [4.78, 5) is 44.5. The molecule has 0 aliphatic carbocycles. The first-order chi connectivity index (χ1) is 16.8. The Hall–Kier alpha value is -3.73. The molecule has 9 nitrogen and oxygen atoms in total. The number of carbonyl (C=O) groups is 1. The Morgan fingerprint density at radius 2 is 2.09 bits per heavy atom. The van der Waals surface area contributed by atoms with Crippen molar-refractivity contribution in [2.45, 2.75) is 39.8 Å². The van der Waals surface area contributed by atoms with Gasteiger partial charge in [0, 0.05) is 13.1 Å². The molecule has 0 saturated heterocycles. The lowest BCUT2D eigenvalue weighted by molar-refractivity contribution is -0.121. The second-order valence-electron chi connectivity index (χ2n) is 7.96. The van der Waals surface area contributed by atoms with E-state index >= 15 is 0 Å². The summed E-state index contributed by atoms with van der Waals surface area (Å²) in [5, 5.41) is 3.01. The topological polar surface area (TPSA) is 108 Å². The molecule has 0 fully saturated rings. The van der Waals surface area contributed by atoms with E-state index in [-0.39, 0.29) is 13.0 Å². The van der Waals surface area contributed by atoms with Crippen molar-refractivity contribution in [3.05, 3.63) is 68.4 Å². The molecule has 11 heteroatoms. The van der Waals surface area contributed by atoms with E-state index < -0.39 is 29.5 Å². The highest BCUT2D eigenvalue weighted by atomic mass is 32.1. The predicted molar refractivity (Wildman–Crippen MR) is 131 cm³/mol. The molecular formula is C24H25FN4O5S. The third kappa shape index (κ3) is 4.76. The highest BCUT2D eigenvalue weighted by Crippen LogP contribution is 2.35. The summed E-state index contributed by atoms with van der Waals surface area (Å²) in [6.07, 6.45) is 3.92. The first kappa shape index (κ1) is 24.4. The third-order valence-corrected chi connectivity index (χ3v) is 6.94. The first-order valence-electron chi connectivity index (χ1n) is 11.1. The summed E-state index contributed by atoms with van der Waals surface area (Å²) >= 11 is 1.21. The summed E-state index contributed by atoms with van der Waals surface area (Å²) in [6.45, 7) is 3.84. The second kappa shape index (κ2) is 10.3. The fraction of sp³-hybridized carbons (Fsp3) is 0.333. The van der Waals surface area contributed by atoms with Gasteiger partial charge in [-0.15, -0.1) is 11.3 Å². The number of amides is 1. The van der Waals surface area contributed by atoms with Gasteiger partial charge in [0.1, 0.15) is 29.2 Å². The fourth-order valence-electron chi connectivity index (χ4n) is 3.91. The van der Waals surface area contributed by atoms with Gasteiger partial charge in [-0.2, -0.15) is 0 Å². The minimum absolute atomic E-state index is 0.136. The Balaban J connectivity index is 1.86. The molecule has 0 aliphatic rings. The number of methoxy groups -OCH3 is 1. The summed E-state index contributed by atoms with van der Waals surface area (Å²) in [7, 11) is 1.49. The molecule has 4 aromatic rings. The number of halogens is 1. The van der Waals surface area contributed by atoms with E-state index in [1.165, 1.54) is 53.7 Å². The Morgan fingerprint density at radius 1 is 1.29 bits per heavy atom. The smallest absolute Gasteiger partial charge is 0.332 e. The molecular weight excluding hydrogens is 475 g/mol. The fourth-order valence-corrected chi connectivity index (χ4v) is 5.17. The Labute approximate surface area is 203 Å². The van der Waals surface area contributed by atoms with Crippen LogP contribution < -0.4 is 21.3 Å². The van der Waals surface area contributed by atoms with E-state index in [4.69, 9.17) is 9.15 Å². The second-order valence-corrected chi connectivity index (χ2v) is 8.95. The summed E-state index contributed by atoms with van der Waals surface area (Å²) in [5.41, 5.74) is 0.0111. The van der Waals surface area contributed by atoms with Gasteiger partial charge in [-0.05, 0) is 49.1 Å². The number of thiophene rings is 1. The number of nitrogens with one attached hydrogen (secondary N) is 1. The van der Waals surface area contributed by atoms with E-state index in [1.54, 1.807) is 6.92 Å². The molecule has 0 radical (unpaired) electrons. The van der Waals surface area contributed by atoms with Crippen molar-refractivity contribution in [2.75, 3.05) is 13.7 Å². The van der Waals surface area contributed by atoms with Crippen LogP contribution in [0.15, 0.2) is 44.7 Å².